The number of hydrogen-bond donors (Lipinski definition) is 2. The third kappa shape index (κ3) is 9.10. The summed E-state index contributed by atoms with van der Waals surface area (Å²) in [4.78, 5) is 13.3. The second-order valence-corrected chi connectivity index (χ2v) is 13.9. The van der Waals surface area contributed by atoms with Crippen LogP contribution >= 0.6 is 0 Å². The first kappa shape index (κ1) is 55.1. The van der Waals surface area contributed by atoms with E-state index < -0.39 is 183 Å². The molecule has 0 unspecified atom stereocenters. The van der Waals surface area contributed by atoms with Crippen molar-refractivity contribution in [3.05, 3.63) is 176 Å². The number of nitrogens with zero attached hydrogens (tertiary/aromatic N) is 2. The fourth-order valence-corrected chi connectivity index (χ4v) is 6.90. The molecule has 2 aliphatic rings. The fourth-order valence-electron chi connectivity index (χ4n) is 6.90. The van der Waals surface area contributed by atoms with E-state index in [1.807, 2.05) is 0 Å². The molecule has 0 saturated heterocycles. The molecule has 0 spiro atoms. The molecule has 2 N–H and O–H groups in total. The minimum absolute atomic E-state index is 0. The molecule has 0 fully saturated rings. The molecular weight excluding hydrogens is 1090 g/mol. The van der Waals surface area contributed by atoms with Crippen molar-refractivity contribution in [2.24, 2.45) is 0 Å². The van der Waals surface area contributed by atoms with Gasteiger partial charge in [0.25, 0.3) is 0 Å². The third-order valence-electron chi connectivity index (χ3n) is 9.95. The maximum absolute atomic E-state index is 15.6. The number of nitrogens with one attached hydrogen (secondary N) is 2. The van der Waals surface area contributed by atoms with Gasteiger partial charge in [-0.3, -0.25) is 8.78 Å². The summed E-state index contributed by atoms with van der Waals surface area (Å²) in [5, 5.41) is 0. The molecular formula is C44H11Cl2F20FeN4. The summed E-state index contributed by atoms with van der Waals surface area (Å²) in [6.07, 6.45) is 3.82. The Morgan fingerprint density at radius 1 is 0.310 bits per heavy atom. The summed E-state index contributed by atoms with van der Waals surface area (Å²) in [7, 11) is 0. The number of H-pyrrole nitrogens is 2. The summed E-state index contributed by atoms with van der Waals surface area (Å²) >= 11 is 0. The molecule has 4 nitrogen and oxygen atoms in total. The van der Waals surface area contributed by atoms with Gasteiger partial charge in [0.1, 0.15) is 0 Å². The van der Waals surface area contributed by atoms with Crippen LogP contribution in [0.5, 0.6) is 0 Å². The van der Waals surface area contributed by atoms with Crippen LogP contribution in [0, 0.1) is 122 Å². The summed E-state index contributed by atoms with van der Waals surface area (Å²) in [6.45, 7) is 0. The molecule has 71 heavy (non-hydrogen) atoms. The molecule has 5 heterocycles. The van der Waals surface area contributed by atoms with Crippen LogP contribution in [0.25, 0.3) is 79.8 Å². The van der Waals surface area contributed by atoms with Gasteiger partial charge < -0.3 is 34.8 Å². The SMILES string of the molecule is Fc1[c-]c(F)c(F)c(F)c1F.Fc1c(F)c(F)c(-c2c3nc(c(-c4c(F)c(F)c(F)c(F)c4F)c4ccc([nH]4)c(-c4c(F)c(F)c(F)c(F)c4F)c4nc(cc5ccc2[nH]5)C=C4)C=C3)c(F)c1F.[Cl-].[Cl-].[Fe+3]. The number of fused-ring (bicyclic) bond motifs is 8. The van der Waals surface area contributed by atoms with Gasteiger partial charge in [-0.2, -0.15) is 0 Å². The Labute approximate surface area is 403 Å². The van der Waals surface area contributed by atoms with E-state index in [2.05, 4.69) is 19.9 Å². The van der Waals surface area contributed by atoms with Crippen molar-refractivity contribution in [3.8, 4) is 33.4 Å². The predicted octanol–water partition coefficient (Wildman–Crippen LogP) is 7.93. The average Bonchev–Trinajstić information content (AvgIpc) is 4.17. The number of halogens is 22. The molecule has 3 aromatic heterocycles. The van der Waals surface area contributed by atoms with E-state index >= 15 is 26.3 Å². The van der Waals surface area contributed by atoms with Gasteiger partial charge in [0.05, 0.1) is 68.6 Å². The minimum Gasteiger partial charge on any atom is -1.00 e. The Morgan fingerprint density at radius 3 is 0.958 bits per heavy atom. The summed E-state index contributed by atoms with van der Waals surface area (Å²) in [5.41, 5.74) is -11.6. The fraction of sp³-hybridized carbons (Fsp3) is 0. The zero-order valence-corrected chi connectivity index (χ0v) is 35.9. The number of aromatic nitrogens is 4. The van der Waals surface area contributed by atoms with Gasteiger partial charge >= 0.3 is 17.1 Å². The Bertz CT molecular complexity index is 3430. The van der Waals surface area contributed by atoms with Crippen LogP contribution in [0.3, 0.4) is 0 Å². The zero-order valence-electron chi connectivity index (χ0n) is 33.3. The number of hydrogen-bond acceptors (Lipinski definition) is 2. The molecule has 8 bridgehead atoms. The summed E-state index contributed by atoms with van der Waals surface area (Å²) < 4.78 is 283. The van der Waals surface area contributed by atoms with Crippen molar-refractivity contribution in [3.63, 3.8) is 0 Å². The van der Waals surface area contributed by atoms with Crippen LogP contribution in [-0.4, -0.2) is 19.9 Å². The van der Waals surface area contributed by atoms with Gasteiger partial charge in [0.2, 0.25) is 17.5 Å². The monoisotopic (exact) mass is 1100 g/mol. The van der Waals surface area contributed by atoms with Crippen molar-refractivity contribution in [1.82, 2.24) is 19.9 Å². The Balaban J connectivity index is 0.000000594. The summed E-state index contributed by atoms with van der Waals surface area (Å²) in [6, 6.07) is 6.14. The molecule has 9 rings (SSSR count). The van der Waals surface area contributed by atoms with Gasteiger partial charge in [-0.25, -0.2) is 89.0 Å². The van der Waals surface area contributed by atoms with Crippen LogP contribution < -0.4 is 24.8 Å². The van der Waals surface area contributed by atoms with Crippen LogP contribution in [0.4, 0.5) is 87.8 Å². The van der Waals surface area contributed by atoms with Crippen LogP contribution in [0.15, 0.2) is 30.3 Å². The first-order valence-corrected chi connectivity index (χ1v) is 18.1. The van der Waals surface area contributed by atoms with E-state index in [1.165, 1.54) is 12.1 Å². The second-order valence-electron chi connectivity index (χ2n) is 13.9. The summed E-state index contributed by atoms with van der Waals surface area (Å²) in [5.74, 6) is -46.5. The largest absolute Gasteiger partial charge is 3.00 e. The Morgan fingerprint density at radius 2 is 0.592 bits per heavy atom. The Hall–Kier alpha value is -6.82. The van der Waals surface area contributed by atoms with Gasteiger partial charge in [-0.05, 0) is 54.6 Å². The van der Waals surface area contributed by atoms with Gasteiger partial charge in [-0.15, -0.1) is 6.07 Å². The predicted molar refractivity (Wildman–Crippen MR) is 200 cm³/mol. The van der Waals surface area contributed by atoms with Crippen LogP contribution in [0.1, 0.15) is 22.8 Å². The van der Waals surface area contributed by atoms with Crippen LogP contribution in [-0.2, 0) is 17.1 Å². The van der Waals surface area contributed by atoms with Gasteiger partial charge in [-0.1, -0.05) is 0 Å². The van der Waals surface area contributed by atoms with Crippen molar-refractivity contribution in [2.75, 3.05) is 0 Å². The molecule has 0 amide bonds. The topological polar surface area (TPSA) is 57.4 Å². The third-order valence-corrected chi connectivity index (χ3v) is 9.95. The normalized spacial score (nSPS) is 11.5. The first-order chi connectivity index (χ1) is 32.0. The van der Waals surface area contributed by atoms with Crippen molar-refractivity contribution >= 4 is 46.4 Å². The quantitative estimate of drug-likeness (QED) is 0.0622. The average molecular weight is 1100 g/mol. The van der Waals surface area contributed by atoms with E-state index in [0.717, 1.165) is 48.6 Å². The van der Waals surface area contributed by atoms with Gasteiger partial charge in [0.15, 0.2) is 69.8 Å². The van der Waals surface area contributed by atoms with E-state index in [0.29, 0.717) is 0 Å². The molecule has 2 aliphatic heterocycles. The molecule has 0 saturated carbocycles. The maximum atomic E-state index is 15.6. The zero-order chi connectivity index (χ0) is 49.5. The standard InChI is InChI=1S/C38H11F15N4.C6F5.2ClH.Fe/c39-24-21(25(40)31(46)36(51)30(24)45)18-12-3-1-10(54-12)9-11-2-4-13(55-11)19(22-26(41)32(47)37(52)33(48)27(22)42)15-6-8-17(57-15)20(16-7-5-14(18)56-16)23-28(43)34(49)38(53)35(50)29(23)44;7-2-1-3(8)5(10)6(11)4(2)9;;;/h1-9,54,57H;;2*1H;/q;-1;;;+3/p-2. The molecule has 27 heteroatoms. The molecule has 4 aromatic carbocycles. The molecule has 0 atom stereocenters. The van der Waals surface area contributed by atoms with Crippen molar-refractivity contribution < 1.29 is 130 Å². The Kier molecular flexibility index (Phi) is 15.9. The molecule has 369 valence electrons. The maximum Gasteiger partial charge on any atom is 3.00 e. The smallest absolute Gasteiger partial charge is 1.00 e. The van der Waals surface area contributed by atoms with Crippen LogP contribution in [0.2, 0.25) is 0 Å². The number of aromatic amines is 2. The molecule has 1 radical (unpaired) electrons. The number of benzene rings is 4. The van der Waals surface area contributed by atoms with E-state index in [9.17, 15) is 61.5 Å². The number of rotatable bonds is 3. The molecule has 7 aromatic rings. The van der Waals surface area contributed by atoms with E-state index in [-0.39, 0.29) is 53.1 Å². The van der Waals surface area contributed by atoms with Crippen molar-refractivity contribution in [2.45, 2.75) is 0 Å². The second kappa shape index (κ2) is 20.5. The minimum atomic E-state index is -2.60. The molecule has 0 aliphatic carbocycles. The first-order valence-electron chi connectivity index (χ1n) is 18.1. The van der Waals surface area contributed by atoms with Gasteiger partial charge in [0, 0.05) is 38.8 Å². The van der Waals surface area contributed by atoms with E-state index in [4.69, 9.17) is 0 Å². The van der Waals surface area contributed by atoms with Crippen molar-refractivity contribution in [1.29, 1.82) is 0 Å². The van der Waals surface area contributed by atoms with E-state index in [1.54, 1.807) is 0 Å².